The summed E-state index contributed by atoms with van der Waals surface area (Å²) < 4.78 is 5.42. The molecule has 0 atom stereocenters. The Labute approximate surface area is 185 Å². The molecule has 0 spiro atoms. The van der Waals surface area contributed by atoms with Crippen molar-refractivity contribution in [3.8, 4) is 5.75 Å². The third-order valence-corrected chi connectivity index (χ3v) is 6.07. The smallest absolute Gasteiger partial charge is 0.283 e. The highest BCUT2D eigenvalue weighted by Gasteiger charge is 2.41. The molecule has 31 heavy (non-hydrogen) atoms. The number of ether oxygens (including phenoxy) is 1. The van der Waals surface area contributed by atoms with E-state index < -0.39 is 0 Å². The lowest BCUT2D eigenvalue weighted by Gasteiger charge is -2.18. The van der Waals surface area contributed by atoms with Gasteiger partial charge < -0.3 is 10.1 Å². The second kappa shape index (κ2) is 8.70. The van der Waals surface area contributed by atoms with Crippen LogP contribution < -0.4 is 15.0 Å². The summed E-state index contributed by atoms with van der Waals surface area (Å²) >= 11 is 1.28. The van der Waals surface area contributed by atoms with E-state index in [9.17, 15) is 9.59 Å². The zero-order valence-corrected chi connectivity index (χ0v) is 18.3. The summed E-state index contributed by atoms with van der Waals surface area (Å²) in [5, 5.41) is 3.17. The number of hydrogen-bond donors (Lipinski definition) is 1. The lowest BCUT2D eigenvalue weighted by atomic mass is 10.1. The van der Waals surface area contributed by atoms with Crippen LogP contribution >= 0.6 is 11.8 Å². The number of nitrogens with one attached hydrogen (secondary N) is 1. The van der Waals surface area contributed by atoms with Crippen molar-refractivity contribution < 1.29 is 14.3 Å². The van der Waals surface area contributed by atoms with E-state index in [1.165, 1.54) is 16.7 Å². The number of aryl methyl sites for hydroxylation is 2. The van der Waals surface area contributed by atoms with Gasteiger partial charge in [-0.3, -0.25) is 9.59 Å². The monoisotopic (exact) mass is 430 g/mol. The molecule has 0 aromatic heterocycles. The lowest BCUT2D eigenvalue weighted by molar-refractivity contribution is -0.120. The van der Waals surface area contributed by atoms with Crippen molar-refractivity contribution in [2.24, 2.45) is 0 Å². The zero-order valence-electron chi connectivity index (χ0n) is 17.5. The summed E-state index contributed by atoms with van der Waals surface area (Å²) in [7, 11) is 1.57. The van der Waals surface area contributed by atoms with Crippen molar-refractivity contribution in [1.29, 1.82) is 0 Å². The molecule has 1 heterocycles. The average molecular weight is 431 g/mol. The number of para-hydroxylation sites is 2. The standard InChI is InChI=1S/C25H22N2O3S/c1-16-13-14-17(2)20(15-16)27-24(28)22(26-19-11-7-8-12-21(19)30-3)23(25(27)29)31-18-9-5-4-6-10-18/h4-15,26H,1-3H3. The second-order valence-electron chi connectivity index (χ2n) is 7.18. The van der Waals surface area contributed by atoms with E-state index >= 15 is 0 Å². The first-order valence-electron chi connectivity index (χ1n) is 9.83. The molecule has 1 aliphatic rings. The number of amides is 2. The van der Waals surface area contributed by atoms with Crippen molar-refractivity contribution in [2.45, 2.75) is 18.7 Å². The molecule has 0 unspecified atom stereocenters. The molecule has 1 N–H and O–H groups in total. The Morgan fingerprint density at radius 2 is 1.58 bits per heavy atom. The molecule has 4 rings (SSSR count). The SMILES string of the molecule is COc1ccccc1NC1=C(Sc2ccccc2)C(=O)N(c2cc(C)ccc2C)C1=O. The van der Waals surface area contributed by atoms with E-state index in [0.29, 0.717) is 22.0 Å². The highest BCUT2D eigenvalue weighted by molar-refractivity contribution is 8.04. The topological polar surface area (TPSA) is 58.6 Å². The van der Waals surface area contributed by atoms with Crippen molar-refractivity contribution in [2.75, 3.05) is 17.3 Å². The molecule has 0 saturated carbocycles. The average Bonchev–Trinajstić information content (AvgIpc) is 3.00. The number of carbonyl (C=O) groups excluding carboxylic acids is 2. The van der Waals surface area contributed by atoms with Crippen molar-refractivity contribution >= 4 is 35.0 Å². The number of hydrogen-bond acceptors (Lipinski definition) is 5. The molecule has 156 valence electrons. The Hall–Kier alpha value is -3.51. The minimum atomic E-state index is -0.386. The Kier molecular flexibility index (Phi) is 5.82. The van der Waals surface area contributed by atoms with Crippen LogP contribution in [0.2, 0.25) is 0 Å². The third-order valence-electron chi connectivity index (χ3n) is 4.98. The fourth-order valence-electron chi connectivity index (χ4n) is 3.38. The summed E-state index contributed by atoms with van der Waals surface area (Å²) in [4.78, 5) is 29.5. The van der Waals surface area contributed by atoms with Crippen LogP contribution in [0.4, 0.5) is 11.4 Å². The molecule has 1 aliphatic heterocycles. The summed E-state index contributed by atoms with van der Waals surface area (Å²) in [6.07, 6.45) is 0. The summed E-state index contributed by atoms with van der Waals surface area (Å²) in [6, 6.07) is 22.6. The Bertz CT molecular complexity index is 1190. The fraction of sp³-hybridized carbons (Fsp3) is 0.120. The number of benzene rings is 3. The number of methoxy groups -OCH3 is 1. The number of rotatable bonds is 6. The van der Waals surface area contributed by atoms with Crippen molar-refractivity contribution in [3.63, 3.8) is 0 Å². The van der Waals surface area contributed by atoms with E-state index in [1.807, 2.05) is 80.6 Å². The molecule has 0 radical (unpaired) electrons. The summed E-state index contributed by atoms with van der Waals surface area (Å²) in [5.41, 5.74) is 3.29. The molecule has 5 nitrogen and oxygen atoms in total. The van der Waals surface area contributed by atoms with Crippen LogP contribution in [-0.4, -0.2) is 18.9 Å². The van der Waals surface area contributed by atoms with Crippen molar-refractivity contribution in [1.82, 2.24) is 0 Å². The van der Waals surface area contributed by atoms with Gasteiger partial charge in [0.1, 0.15) is 16.4 Å². The highest BCUT2D eigenvalue weighted by Crippen LogP contribution is 2.39. The van der Waals surface area contributed by atoms with Gasteiger partial charge >= 0.3 is 0 Å². The quantitative estimate of drug-likeness (QED) is 0.538. The van der Waals surface area contributed by atoms with Gasteiger partial charge in [-0.15, -0.1) is 0 Å². The maximum Gasteiger partial charge on any atom is 0.283 e. The lowest BCUT2D eigenvalue weighted by Crippen LogP contribution is -2.33. The largest absolute Gasteiger partial charge is 0.495 e. The molecule has 3 aromatic carbocycles. The number of thioether (sulfide) groups is 1. The molecule has 6 heteroatoms. The van der Waals surface area contributed by atoms with Gasteiger partial charge in [-0.05, 0) is 55.3 Å². The van der Waals surface area contributed by atoms with Crippen LogP contribution in [0.3, 0.4) is 0 Å². The van der Waals surface area contributed by atoms with Crippen molar-refractivity contribution in [3.05, 3.63) is 94.5 Å². The molecular weight excluding hydrogens is 408 g/mol. The van der Waals surface area contributed by atoms with Gasteiger partial charge in [-0.25, -0.2) is 4.90 Å². The van der Waals surface area contributed by atoms with Crippen LogP contribution in [0, 0.1) is 13.8 Å². The predicted molar refractivity (Wildman–Crippen MR) is 124 cm³/mol. The molecular formula is C25H22N2O3S. The maximum absolute atomic E-state index is 13.5. The number of nitrogens with zero attached hydrogens (tertiary/aromatic N) is 1. The van der Waals surface area contributed by atoms with E-state index in [1.54, 1.807) is 13.2 Å². The number of imide groups is 1. The molecule has 3 aromatic rings. The normalized spacial score (nSPS) is 13.7. The van der Waals surface area contributed by atoms with E-state index in [4.69, 9.17) is 4.74 Å². The first-order chi connectivity index (χ1) is 15.0. The number of carbonyl (C=O) groups is 2. The van der Waals surface area contributed by atoms with Gasteiger partial charge in [-0.1, -0.05) is 54.2 Å². The third kappa shape index (κ3) is 4.07. The van der Waals surface area contributed by atoms with Gasteiger partial charge in [0.2, 0.25) is 0 Å². The first kappa shape index (κ1) is 20.8. The predicted octanol–water partition coefficient (Wildman–Crippen LogP) is 5.30. The van der Waals surface area contributed by atoms with Crippen LogP contribution in [-0.2, 0) is 9.59 Å². The Balaban J connectivity index is 1.80. The molecule has 0 saturated heterocycles. The molecule has 0 bridgehead atoms. The van der Waals surface area contributed by atoms with Gasteiger partial charge in [0.15, 0.2) is 0 Å². The molecule has 0 fully saturated rings. The van der Waals surface area contributed by atoms with Gasteiger partial charge in [-0.2, -0.15) is 0 Å². The summed E-state index contributed by atoms with van der Waals surface area (Å²) in [5.74, 6) is -0.141. The van der Waals surface area contributed by atoms with E-state index in [-0.39, 0.29) is 17.5 Å². The van der Waals surface area contributed by atoms with Crippen LogP contribution in [0.1, 0.15) is 11.1 Å². The van der Waals surface area contributed by atoms with Gasteiger partial charge in [0.05, 0.1) is 18.5 Å². The molecule has 0 aliphatic carbocycles. The minimum absolute atomic E-state index is 0.240. The van der Waals surface area contributed by atoms with Crippen LogP contribution in [0.5, 0.6) is 5.75 Å². The molecule has 2 amide bonds. The summed E-state index contributed by atoms with van der Waals surface area (Å²) in [6.45, 7) is 3.83. The maximum atomic E-state index is 13.5. The Morgan fingerprint density at radius 1 is 0.871 bits per heavy atom. The van der Waals surface area contributed by atoms with Gasteiger partial charge in [0.25, 0.3) is 11.8 Å². The second-order valence-corrected chi connectivity index (χ2v) is 8.26. The van der Waals surface area contributed by atoms with Crippen LogP contribution in [0.15, 0.2) is 88.3 Å². The van der Waals surface area contributed by atoms with Crippen LogP contribution in [0.25, 0.3) is 0 Å². The fourth-order valence-corrected chi connectivity index (χ4v) is 4.33. The highest BCUT2D eigenvalue weighted by atomic mass is 32.2. The van der Waals surface area contributed by atoms with E-state index in [2.05, 4.69) is 5.32 Å². The van der Waals surface area contributed by atoms with E-state index in [0.717, 1.165) is 16.0 Å². The number of anilines is 2. The minimum Gasteiger partial charge on any atom is -0.495 e. The first-order valence-corrected chi connectivity index (χ1v) is 10.6. The Morgan fingerprint density at radius 3 is 2.32 bits per heavy atom. The zero-order chi connectivity index (χ0) is 22.0. The van der Waals surface area contributed by atoms with Gasteiger partial charge in [0, 0.05) is 4.90 Å².